The first kappa shape index (κ1) is 11.9. The highest BCUT2D eigenvalue weighted by atomic mass is 79.9. The number of nitrogens with zero attached hydrogens (tertiary/aromatic N) is 1. The number of rotatable bonds is 2. The molecule has 0 N–H and O–H groups in total. The Morgan fingerprint density at radius 3 is 1.78 bits per heavy atom. The average molecular weight is 194 g/mol. The third-order valence-electron chi connectivity index (χ3n) is 0.889. The van der Waals surface area contributed by atoms with Gasteiger partial charge >= 0.3 is 0 Å². The molecule has 0 unspecified atom stereocenters. The Bertz CT molecular complexity index is 81.4. The van der Waals surface area contributed by atoms with Gasteiger partial charge in [-0.25, -0.2) is 0 Å². The molecule has 0 rings (SSSR count). The van der Waals surface area contributed by atoms with Gasteiger partial charge in [0, 0.05) is 0 Å². The molecule has 0 aromatic rings. The molecule has 0 radical (unpaired) electrons. The van der Waals surface area contributed by atoms with Gasteiger partial charge in [0.05, 0.1) is 27.7 Å². The molecule has 2 heteroatoms. The van der Waals surface area contributed by atoms with Gasteiger partial charge in [0.15, 0.2) is 0 Å². The number of allylic oxidation sites excluding steroid dienone is 1. The van der Waals surface area contributed by atoms with Gasteiger partial charge in [-0.1, -0.05) is 6.08 Å². The SMILES string of the molecule is CC=CC[N+](C)(C)C.[Br-]. The van der Waals surface area contributed by atoms with Crippen LogP contribution < -0.4 is 17.0 Å². The van der Waals surface area contributed by atoms with Gasteiger partial charge in [-0.3, -0.25) is 0 Å². The Labute approximate surface area is 68.7 Å². The molecular formula is C7H16BrN. The highest BCUT2D eigenvalue weighted by Gasteiger charge is 2.00. The molecule has 56 valence electrons. The van der Waals surface area contributed by atoms with Crippen LogP contribution in [0.1, 0.15) is 6.92 Å². The zero-order valence-electron chi connectivity index (χ0n) is 6.69. The van der Waals surface area contributed by atoms with Crippen molar-refractivity contribution in [1.29, 1.82) is 0 Å². The molecule has 0 fully saturated rings. The van der Waals surface area contributed by atoms with E-state index in [0.717, 1.165) is 11.0 Å². The number of hydrogen-bond donors (Lipinski definition) is 0. The summed E-state index contributed by atoms with van der Waals surface area (Å²) in [7, 11) is 6.54. The van der Waals surface area contributed by atoms with Crippen LogP contribution in [0, 0.1) is 0 Å². The molecule has 0 aliphatic carbocycles. The molecule has 1 nitrogen and oxygen atoms in total. The highest BCUT2D eigenvalue weighted by Crippen LogP contribution is 1.88. The molecule has 0 heterocycles. The molecule has 0 aliphatic rings. The first-order chi connectivity index (χ1) is 3.56. The molecule has 0 spiro atoms. The number of quaternary nitrogens is 1. The van der Waals surface area contributed by atoms with Crippen molar-refractivity contribution >= 4 is 0 Å². The van der Waals surface area contributed by atoms with Crippen molar-refractivity contribution in [3.05, 3.63) is 12.2 Å². The van der Waals surface area contributed by atoms with E-state index in [-0.39, 0.29) is 17.0 Å². The molecule has 0 saturated carbocycles. The van der Waals surface area contributed by atoms with Gasteiger partial charge < -0.3 is 21.5 Å². The van der Waals surface area contributed by atoms with Crippen molar-refractivity contribution < 1.29 is 21.5 Å². The second-order valence-electron chi connectivity index (χ2n) is 3.04. The van der Waals surface area contributed by atoms with Crippen LogP contribution in [0.25, 0.3) is 0 Å². The summed E-state index contributed by atoms with van der Waals surface area (Å²) in [5.41, 5.74) is 0. The van der Waals surface area contributed by atoms with Crippen molar-refractivity contribution in [3.63, 3.8) is 0 Å². The van der Waals surface area contributed by atoms with Crippen LogP contribution in [-0.2, 0) is 0 Å². The van der Waals surface area contributed by atoms with Crippen molar-refractivity contribution in [2.45, 2.75) is 6.92 Å². The first-order valence-electron chi connectivity index (χ1n) is 2.98. The van der Waals surface area contributed by atoms with Crippen LogP contribution in [-0.4, -0.2) is 32.2 Å². The summed E-state index contributed by atoms with van der Waals surface area (Å²) in [5, 5.41) is 0. The van der Waals surface area contributed by atoms with Crippen molar-refractivity contribution in [3.8, 4) is 0 Å². The summed E-state index contributed by atoms with van der Waals surface area (Å²) in [6.07, 6.45) is 4.27. The Hall–Kier alpha value is 0.180. The summed E-state index contributed by atoms with van der Waals surface area (Å²) < 4.78 is 1.02. The molecule has 0 aromatic heterocycles. The predicted octanol–water partition coefficient (Wildman–Crippen LogP) is -1.73. The fourth-order valence-corrected chi connectivity index (χ4v) is 0.422. The van der Waals surface area contributed by atoms with Crippen LogP contribution in [0.2, 0.25) is 0 Å². The van der Waals surface area contributed by atoms with Crippen LogP contribution >= 0.6 is 0 Å². The lowest BCUT2D eigenvalue weighted by Gasteiger charge is -2.21. The van der Waals surface area contributed by atoms with Gasteiger partial charge in [-0.15, -0.1) is 0 Å². The Balaban J connectivity index is 0. The van der Waals surface area contributed by atoms with Crippen molar-refractivity contribution in [1.82, 2.24) is 0 Å². The van der Waals surface area contributed by atoms with E-state index in [1.165, 1.54) is 0 Å². The average Bonchev–Trinajstić information content (AvgIpc) is 1.59. The summed E-state index contributed by atoms with van der Waals surface area (Å²) in [6.45, 7) is 3.17. The minimum atomic E-state index is 0. The van der Waals surface area contributed by atoms with E-state index < -0.39 is 0 Å². The maximum absolute atomic E-state index is 2.18. The van der Waals surface area contributed by atoms with E-state index in [2.05, 4.69) is 40.2 Å². The van der Waals surface area contributed by atoms with Crippen LogP contribution in [0.3, 0.4) is 0 Å². The van der Waals surface area contributed by atoms with Crippen molar-refractivity contribution in [2.24, 2.45) is 0 Å². The van der Waals surface area contributed by atoms with E-state index in [1.807, 2.05) is 0 Å². The van der Waals surface area contributed by atoms with E-state index in [0.29, 0.717) is 0 Å². The lowest BCUT2D eigenvalue weighted by atomic mass is 10.4. The highest BCUT2D eigenvalue weighted by molar-refractivity contribution is 4.75. The van der Waals surface area contributed by atoms with Gasteiger partial charge in [-0.05, 0) is 13.0 Å². The second-order valence-corrected chi connectivity index (χ2v) is 3.04. The number of likely N-dealkylation sites (N-methyl/N-ethyl adjacent to an activating group) is 1. The Morgan fingerprint density at radius 2 is 1.67 bits per heavy atom. The van der Waals surface area contributed by atoms with Crippen LogP contribution in [0.4, 0.5) is 0 Å². The normalized spacial score (nSPS) is 11.6. The molecule has 0 bridgehead atoms. The number of halogens is 1. The lowest BCUT2D eigenvalue weighted by Crippen LogP contribution is -3.00. The molecule has 0 aromatic carbocycles. The summed E-state index contributed by atoms with van der Waals surface area (Å²) in [6, 6.07) is 0. The molecule has 0 aliphatic heterocycles. The first-order valence-corrected chi connectivity index (χ1v) is 2.98. The third kappa shape index (κ3) is 11.6. The smallest absolute Gasteiger partial charge is 0.0967 e. The van der Waals surface area contributed by atoms with E-state index in [4.69, 9.17) is 0 Å². The fourth-order valence-electron chi connectivity index (χ4n) is 0.422. The topological polar surface area (TPSA) is 0 Å². The Morgan fingerprint density at radius 1 is 1.22 bits per heavy atom. The quantitative estimate of drug-likeness (QED) is 0.362. The minimum absolute atomic E-state index is 0. The maximum Gasteiger partial charge on any atom is 0.0967 e. The van der Waals surface area contributed by atoms with E-state index in [1.54, 1.807) is 0 Å². The van der Waals surface area contributed by atoms with Crippen LogP contribution in [0.15, 0.2) is 12.2 Å². The van der Waals surface area contributed by atoms with Gasteiger partial charge in [0.1, 0.15) is 0 Å². The summed E-state index contributed by atoms with van der Waals surface area (Å²) >= 11 is 0. The fraction of sp³-hybridized carbons (Fsp3) is 0.714. The molecule has 0 amide bonds. The van der Waals surface area contributed by atoms with Gasteiger partial charge in [-0.2, -0.15) is 0 Å². The van der Waals surface area contributed by atoms with Gasteiger partial charge in [0.25, 0.3) is 0 Å². The van der Waals surface area contributed by atoms with E-state index >= 15 is 0 Å². The number of hydrogen-bond acceptors (Lipinski definition) is 0. The van der Waals surface area contributed by atoms with E-state index in [9.17, 15) is 0 Å². The Kier molecular flexibility index (Phi) is 6.62. The standard InChI is InChI=1S/C7H16N.BrH/c1-5-6-7-8(2,3)4;/h5-6H,7H2,1-4H3;1H/q+1;/p-1. The molecular weight excluding hydrogens is 178 g/mol. The van der Waals surface area contributed by atoms with Crippen LogP contribution in [0.5, 0.6) is 0 Å². The maximum atomic E-state index is 2.18. The summed E-state index contributed by atoms with van der Waals surface area (Å²) in [5.74, 6) is 0. The van der Waals surface area contributed by atoms with Gasteiger partial charge in [0.2, 0.25) is 0 Å². The predicted molar refractivity (Wildman–Crippen MR) is 37.7 cm³/mol. The van der Waals surface area contributed by atoms with Crippen molar-refractivity contribution in [2.75, 3.05) is 27.7 Å². The zero-order valence-corrected chi connectivity index (χ0v) is 8.27. The third-order valence-corrected chi connectivity index (χ3v) is 0.889. The molecule has 9 heavy (non-hydrogen) atoms. The lowest BCUT2D eigenvalue weighted by molar-refractivity contribution is -0.864. The zero-order chi connectivity index (χ0) is 6.62. The summed E-state index contributed by atoms with van der Waals surface area (Å²) in [4.78, 5) is 0. The largest absolute Gasteiger partial charge is 1.00 e. The monoisotopic (exact) mass is 193 g/mol. The molecule has 0 atom stereocenters. The second kappa shape index (κ2) is 5.00. The molecule has 0 saturated heterocycles. The minimum Gasteiger partial charge on any atom is -1.00 e.